The number of halogens is 3. The standard InChI is InChI=1S/C24H27F3N6O4S/c25-24(26,27)16-2-1-3-17(6-16)38(36,37)33-13-22(14-33)11-32(12-22)20(34)31-9-21(10-31)7-15(8-21)18-28-19(30-29-18)23(35)4-5-23/h1-3,6,15,35H,4-5,7-14H2,(H,28,29,30). The van der Waals surface area contributed by atoms with Gasteiger partial charge in [-0.05, 0) is 43.9 Å². The molecule has 2 aromatic rings. The number of likely N-dealkylation sites (tertiary alicyclic amines) is 2. The maximum absolute atomic E-state index is 13.0. The number of alkyl halides is 3. The van der Waals surface area contributed by atoms with Gasteiger partial charge in [-0.15, -0.1) is 10.2 Å². The number of aliphatic hydroxyl groups is 1. The summed E-state index contributed by atoms with van der Waals surface area (Å²) in [5.74, 6) is 1.60. The van der Waals surface area contributed by atoms with Crippen molar-refractivity contribution in [2.75, 3.05) is 39.3 Å². The molecular weight excluding hydrogens is 525 g/mol. The molecule has 2 spiro atoms. The van der Waals surface area contributed by atoms with Crippen molar-refractivity contribution in [2.24, 2.45) is 10.8 Å². The van der Waals surface area contributed by atoms with E-state index in [0.29, 0.717) is 50.9 Å². The fourth-order valence-electron chi connectivity index (χ4n) is 6.51. The summed E-state index contributed by atoms with van der Waals surface area (Å²) in [5.41, 5.74) is -2.06. The first-order chi connectivity index (χ1) is 17.8. The van der Waals surface area contributed by atoms with Crippen molar-refractivity contribution in [2.45, 2.75) is 48.3 Å². The summed E-state index contributed by atoms with van der Waals surface area (Å²) in [7, 11) is -4.03. The molecule has 0 radical (unpaired) electrons. The fraction of sp³-hybridized carbons (Fsp3) is 0.625. The number of H-pyrrole nitrogens is 1. The highest BCUT2D eigenvalue weighted by molar-refractivity contribution is 7.89. The van der Waals surface area contributed by atoms with E-state index in [1.807, 2.05) is 4.90 Å². The van der Waals surface area contributed by atoms with Crippen LogP contribution < -0.4 is 0 Å². The molecule has 5 aliphatic rings. The van der Waals surface area contributed by atoms with Gasteiger partial charge >= 0.3 is 12.2 Å². The summed E-state index contributed by atoms with van der Waals surface area (Å²) in [5, 5.41) is 18.5. The van der Waals surface area contributed by atoms with Gasteiger partial charge in [0.15, 0.2) is 5.82 Å². The Kier molecular flexibility index (Phi) is 4.79. The lowest BCUT2D eigenvalue weighted by Crippen LogP contribution is -2.76. The van der Waals surface area contributed by atoms with Crippen LogP contribution >= 0.6 is 0 Å². The van der Waals surface area contributed by atoms with Crippen LogP contribution in [0, 0.1) is 10.8 Å². The van der Waals surface area contributed by atoms with Crippen LogP contribution in [-0.2, 0) is 21.8 Å². The smallest absolute Gasteiger partial charge is 0.382 e. The zero-order valence-corrected chi connectivity index (χ0v) is 21.2. The third-order valence-corrected chi connectivity index (χ3v) is 10.7. The summed E-state index contributed by atoms with van der Waals surface area (Å²) in [6, 6.07) is 3.73. The van der Waals surface area contributed by atoms with Gasteiger partial charge in [0.1, 0.15) is 11.4 Å². The molecule has 3 saturated heterocycles. The Balaban J connectivity index is 0.889. The molecule has 4 heterocycles. The maximum Gasteiger partial charge on any atom is 0.416 e. The zero-order chi connectivity index (χ0) is 26.7. The SMILES string of the molecule is O=C(N1CC2(CC(c3nnc(C4(O)CC4)[nH]3)C2)C1)N1CC2(C1)CN(S(=O)(=O)c1cccc(C(F)(F)F)c1)C2. The average Bonchev–Trinajstić information content (AvgIpc) is 3.30. The van der Waals surface area contributed by atoms with Crippen molar-refractivity contribution in [1.29, 1.82) is 0 Å². The second-order valence-corrected chi connectivity index (χ2v) is 13.9. The largest absolute Gasteiger partial charge is 0.416 e. The lowest BCUT2D eigenvalue weighted by atomic mass is 9.57. The molecule has 1 aromatic heterocycles. The number of benzene rings is 1. The van der Waals surface area contributed by atoms with Crippen LogP contribution in [-0.4, -0.2) is 88.1 Å². The number of hydrogen-bond acceptors (Lipinski definition) is 6. The molecule has 0 atom stereocenters. The quantitative estimate of drug-likeness (QED) is 0.599. The van der Waals surface area contributed by atoms with Crippen LogP contribution in [0.25, 0.3) is 0 Å². The molecule has 0 bridgehead atoms. The minimum atomic E-state index is -4.62. The van der Waals surface area contributed by atoms with Crippen LogP contribution in [0.5, 0.6) is 0 Å². The lowest BCUT2D eigenvalue weighted by molar-refractivity contribution is -0.137. The molecule has 5 fully saturated rings. The summed E-state index contributed by atoms with van der Waals surface area (Å²) in [4.78, 5) is 19.3. The van der Waals surface area contributed by atoms with Crippen LogP contribution in [0.15, 0.2) is 29.2 Å². The van der Waals surface area contributed by atoms with Gasteiger partial charge in [0.2, 0.25) is 10.0 Å². The monoisotopic (exact) mass is 552 g/mol. The van der Waals surface area contributed by atoms with Gasteiger partial charge in [-0.1, -0.05) is 6.07 Å². The molecule has 2 amide bonds. The molecule has 14 heteroatoms. The Morgan fingerprint density at radius 3 is 2.24 bits per heavy atom. The van der Waals surface area contributed by atoms with E-state index in [1.165, 1.54) is 10.4 Å². The Labute approximate surface area is 216 Å². The van der Waals surface area contributed by atoms with E-state index < -0.39 is 27.4 Å². The van der Waals surface area contributed by atoms with E-state index in [0.717, 1.165) is 30.8 Å². The number of urea groups is 1. The minimum absolute atomic E-state index is 0.0539. The Hall–Kier alpha value is -2.71. The predicted molar refractivity (Wildman–Crippen MR) is 125 cm³/mol. The Bertz CT molecular complexity index is 1410. The third-order valence-electron chi connectivity index (χ3n) is 8.88. The van der Waals surface area contributed by atoms with Crippen LogP contribution in [0.4, 0.5) is 18.0 Å². The number of aromatic nitrogens is 3. The normalized spacial score (nSPS) is 25.5. The average molecular weight is 553 g/mol. The highest BCUT2D eigenvalue weighted by Crippen LogP contribution is 2.56. The van der Waals surface area contributed by atoms with Gasteiger partial charge in [0, 0.05) is 56.0 Å². The molecule has 3 aliphatic heterocycles. The lowest BCUT2D eigenvalue weighted by Gasteiger charge is -2.63. The zero-order valence-electron chi connectivity index (χ0n) is 20.4. The number of hydrogen-bond donors (Lipinski definition) is 2. The number of carbonyl (C=O) groups excluding carboxylic acids is 1. The van der Waals surface area contributed by atoms with E-state index in [1.54, 1.807) is 4.90 Å². The van der Waals surface area contributed by atoms with Gasteiger partial charge in [0.05, 0.1) is 10.5 Å². The molecule has 38 heavy (non-hydrogen) atoms. The second kappa shape index (κ2) is 7.48. The van der Waals surface area contributed by atoms with Gasteiger partial charge in [-0.25, -0.2) is 13.2 Å². The van der Waals surface area contributed by atoms with Crippen molar-refractivity contribution in [1.82, 2.24) is 29.3 Å². The molecule has 204 valence electrons. The van der Waals surface area contributed by atoms with Crippen LogP contribution in [0.1, 0.15) is 48.8 Å². The van der Waals surface area contributed by atoms with E-state index in [-0.39, 0.29) is 40.8 Å². The number of sulfonamides is 1. The van der Waals surface area contributed by atoms with Crippen molar-refractivity contribution >= 4 is 16.1 Å². The number of nitrogens with one attached hydrogen (secondary N) is 1. The number of nitrogens with zero attached hydrogens (tertiary/aromatic N) is 5. The molecule has 2 aliphatic carbocycles. The van der Waals surface area contributed by atoms with Gasteiger partial charge in [-0.3, -0.25) is 0 Å². The molecule has 2 saturated carbocycles. The second-order valence-electron chi connectivity index (χ2n) is 12.0. The van der Waals surface area contributed by atoms with Crippen LogP contribution in [0.3, 0.4) is 0 Å². The van der Waals surface area contributed by atoms with Crippen LogP contribution in [0.2, 0.25) is 0 Å². The Morgan fingerprint density at radius 1 is 1.00 bits per heavy atom. The van der Waals surface area contributed by atoms with Crippen molar-refractivity contribution in [3.8, 4) is 0 Å². The van der Waals surface area contributed by atoms with E-state index in [4.69, 9.17) is 0 Å². The first-order valence-electron chi connectivity index (χ1n) is 12.7. The third kappa shape index (κ3) is 3.67. The number of aromatic amines is 1. The Morgan fingerprint density at radius 2 is 1.63 bits per heavy atom. The minimum Gasteiger partial charge on any atom is -0.382 e. The van der Waals surface area contributed by atoms with Crippen molar-refractivity contribution in [3.05, 3.63) is 41.5 Å². The first kappa shape index (κ1) is 24.3. The summed E-state index contributed by atoms with van der Waals surface area (Å²) < 4.78 is 65.9. The molecular formula is C24H27F3N6O4S. The molecule has 7 rings (SSSR count). The van der Waals surface area contributed by atoms with E-state index in [2.05, 4.69) is 15.2 Å². The topological polar surface area (TPSA) is 123 Å². The number of amides is 2. The van der Waals surface area contributed by atoms with Crippen molar-refractivity contribution < 1.29 is 31.5 Å². The summed E-state index contributed by atoms with van der Waals surface area (Å²) >= 11 is 0. The van der Waals surface area contributed by atoms with E-state index >= 15 is 0 Å². The van der Waals surface area contributed by atoms with Crippen molar-refractivity contribution in [3.63, 3.8) is 0 Å². The van der Waals surface area contributed by atoms with Gasteiger partial charge < -0.3 is 19.9 Å². The number of carbonyl (C=O) groups is 1. The van der Waals surface area contributed by atoms with E-state index in [9.17, 15) is 31.5 Å². The maximum atomic E-state index is 13.0. The highest BCUT2D eigenvalue weighted by Gasteiger charge is 2.60. The molecule has 10 nitrogen and oxygen atoms in total. The molecule has 2 N–H and O–H groups in total. The first-order valence-corrected chi connectivity index (χ1v) is 14.1. The van der Waals surface area contributed by atoms with Gasteiger partial charge in [-0.2, -0.15) is 17.5 Å². The summed E-state index contributed by atoms with van der Waals surface area (Å²) in [6.45, 7) is 2.61. The summed E-state index contributed by atoms with van der Waals surface area (Å²) in [6.07, 6.45) is -1.39. The highest BCUT2D eigenvalue weighted by atomic mass is 32.2. The van der Waals surface area contributed by atoms with Gasteiger partial charge in [0.25, 0.3) is 0 Å². The molecule has 0 unspecified atom stereocenters. The fourth-order valence-corrected chi connectivity index (χ4v) is 8.22. The molecule has 1 aromatic carbocycles. The predicted octanol–water partition coefficient (Wildman–Crippen LogP) is 2.11. The number of rotatable bonds is 4.